The Bertz CT molecular complexity index is 151. The van der Waals surface area contributed by atoms with Crippen LogP contribution in [0, 0.1) is 11.8 Å². The predicted molar refractivity (Wildman–Crippen MR) is 45.3 cm³/mol. The summed E-state index contributed by atoms with van der Waals surface area (Å²) in [5.74, 6) is 1.55. The maximum Gasteiger partial charge on any atom is 0.0673 e. The minimum atomic E-state index is -0.247. The van der Waals surface area contributed by atoms with Crippen molar-refractivity contribution in [3.05, 3.63) is 0 Å². The van der Waals surface area contributed by atoms with Crippen molar-refractivity contribution in [3.63, 3.8) is 0 Å². The molecule has 0 saturated heterocycles. The van der Waals surface area contributed by atoms with Gasteiger partial charge in [0, 0.05) is 0 Å². The highest BCUT2D eigenvalue weighted by atomic mass is 16.3. The minimum Gasteiger partial charge on any atom is -0.390 e. The summed E-state index contributed by atoms with van der Waals surface area (Å²) in [5.41, 5.74) is -0.247. The van der Waals surface area contributed by atoms with Crippen LogP contribution in [-0.4, -0.2) is 10.7 Å². The summed E-state index contributed by atoms with van der Waals surface area (Å²) in [6.07, 6.45) is 7.48. The van der Waals surface area contributed by atoms with Gasteiger partial charge in [-0.1, -0.05) is 19.8 Å². The third-order valence-electron chi connectivity index (χ3n) is 3.61. The van der Waals surface area contributed by atoms with Crippen molar-refractivity contribution < 1.29 is 5.11 Å². The summed E-state index contributed by atoms with van der Waals surface area (Å²) in [6, 6.07) is 0. The van der Waals surface area contributed by atoms with Gasteiger partial charge in [0.15, 0.2) is 0 Å². The molecular formula is C10H18O. The van der Waals surface area contributed by atoms with Gasteiger partial charge in [-0.3, -0.25) is 0 Å². The third kappa shape index (κ3) is 1.44. The highest BCUT2D eigenvalue weighted by molar-refractivity contribution is 4.94. The lowest BCUT2D eigenvalue weighted by molar-refractivity contribution is -0.0939. The maximum atomic E-state index is 9.96. The fourth-order valence-electron chi connectivity index (χ4n) is 2.00. The van der Waals surface area contributed by atoms with Crippen LogP contribution < -0.4 is 0 Å². The summed E-state index contributed by atoms with van der Waals surface area (Å²) < 4.78 is 0. The summed E-state index contributed by atoms with van der Waals surface area (Å²) in [7, 11) is 0. The van der Waals surface area contributed by atoms with Crippen LogP contribution in [0.15, 0.2) is 0 Å². The molecule has 0 bridgehead atoms. The lowest BCUT2D eigenvalue weighted by atomic mass is 9.68. The molecule has 1 nitrogen and oxygen atoms in total. The minimum absolute atomic E-state index is 0.247. The summed E-state index contributed by atoms with van der Waals surface area (Å²) in [6.45, 7) is 2.18. The first kappa shape index (κ1) is 7.60. The normalized spacial score (nSPS) is 43.6. The molecule has 0 aromatic heterocycles. The molecular weight excluding hydrogens is 136 g/mol. The summed E-state index contributed by atoms with van der Waals surface area (Å²) in [4.78, 5) is 0. The van der Waals surface area contributed by atoms with Gasteiger partial charge in [-0.05, 0) is 37.5 Å². The van der Waals surface area contributed by atoms with E-state index in [0.29, 0.717) is 5.92 Å². The Kier molecular flexibility index (Phi) is 1.71. The van der Waals surface area contributed by atoms with E-state index in [1.54, 1.807) is 0 Å². The van der Waals surface area contributed by atoms with Crippen LogP contribution in [-0.2, 0) is 0 Å². The van der Waals surface area contributed by atoms with Gasteiger partial charge < -0.3 is 5.11 Å². The molecule has 0 amide bonds. The van der Waals surface area contributed by atoms with Crippen LogP contribution in [0.5, 0.6) is 0 Å². The van der Waals surface area contributed by atoms with Crippen molar-refractivity contribution in [1.29, 1.82) is 0 Å². The highest BCUT2D eigenvalue weighted by Crippen LogP contribution is 2.44. The fraction of sp³-hybridized carbons (Fsp3) is 1.00. The Hall–Kier alpha value is -0.0400. The molecule has 2 atom stereocenters. The molecule has 1 N–H and O–H groups in total. The van der Waals surface area contributed by atoms with Gasteiger partial charge in [0.1, 0.15) is 0 Å². The molecule has 2 aliphatic carbocycles. The molecule has 2 fully saturated rings. The molecule has 2 rings (SSSR count). The Morgan fingerprint density at radius 3 is 2.45 bits per heavy atom. The molecule has 0 aromatic carbocycles. The zero-order valence-corrected chi connectivity index (χ0v) is 7.34. The topological polar surface area (TPSA) is 20.2 Å². The zero-order chi connectivity index (χ0) is 7.90. The smallest absolute Gasteiger partial charge is 0.0673 e. The van der Waals surface area contributed by atoms with Crippen LogP contribution in [0.25, 0.3) is 0 Å². The standard InChI is InChI=1S/C10H18O/c1-8-4-6-10(8,11)7-5-9-2-3-9/h8-9,11H,2-7H2,1H3. The van der Waals surface area contributed by atoms with Crippen LogP contribution >= 0.6 is 0 Å². The maximum absolute atomic E-state index is 9.96. The average Bonchev–Trinajstić information content (AvgIpc) is 2.80. The molecule has 1 heteroatoms. The Balaban J connectivity index is 1.74. The third-order valence-corrected chi connectivity index (χ3v) is 3.61. The van der Waals surface area contributed by atoms with Crippen molar-refractivity contribution in [2.75, 3.05) is 0 Å². The van der Waals surface area contributed by atoms with E-state index in [-0.39, 0.29) is 5.60 Å². The van der Waals surface area contributed by atoms with E-state index in [9.17, 15) is 5.11 Å². The van der Waals surface area contributed by atoms with Crippen molar-refractivity contribution >= 4 is 0 Å². The molecule has 0 spiro atoms. The number of rotatable bonds is 3. The van der Waals surface area contributed by atoms with Crippen molar-refractivity contribution in [1.82, 2.24) is 0 Å². The van der Waals surface area contributed by atoms with Crippen LogP contribution in [0.2, 0.25) is 0 Å². The molecule has 2 saturated carbocycles. The van der Waals surface area contributed by atoms with Crippen molar-refractivity contribution in [2.24, 2.45) is 11.8 Å². The molecule has 0 heterocycles. The van der Waals surface area contributed by atoms with Crippen LogP contribution in [0.4, 0.5) is 0 Å². The van der Waals surface area contributed by atoms with E-state index in [1.165, 1.54) is 25.7 Å². The van der Waals surface area contributed by atoms with Crippen LogP contribution in [0.3, 0.4) is 0 Å². The fourth-order valence-corrected chi connectivity index (χ4v) is 2.00. The van der Waals surface area contributed by atoms with Crippen molar-refractivity contribution in [3.8, 4) is 0 Å². The molecule has 64 valence electrons. The second-order valence-electron chi connectivity index (χ2n) is 4.53. The van der Waals surface area contributed by atoms with E-state index in [1.807, 2.05) is 0 Å². The van der Waals surface area contributed by atoms with Gasteiger partial charge in [0.05, 0.1) is 5.60 Å². The lowest BCUT2D eigenvalue weighted by Gasteiger charge is -2.44. The largest absolute Gasteiger partial charge is 0.390 e. The second-order valence-corrected chi connectivity index (χ2v) is 4.53. The predicted octanol–water partition coefficient (Wildman–Crippen LogP) is 2.34. The first-order valence-corrected chi connectivity index (χ1v) is 4.93. The number of hydrogen-bond acceptors (Lipinski definition) is 1. The number of aliphatic hydroxyl groups is 1. The highest BCUT2D eigenvalue weighted by Gasteiger charge is 2.42. The van der Waals surface area contributed by atoms with E-state index in [0.717, 1.165) is 18.8 Å². The van der Waals surface area contributed by atoms with E-state index < -0.39 is 0 Å². The van der Waals surface area contributed by atoms with Crippen LogP contribution in [0.1, 0.15) is 45.4 Å². The van der Waals surface area contributed by atoms with Crippen molar-refractivity contribution in [2.45, 2.75) is 51.0 Å². The quantitative estimate of drug-likeness (QED) is 0.661. The zero-order valence-electron chi connectivity index (χ0n) is 7.34. The number of hydrogen-bond donors (Lipinski definition) is 1. The van der Waals surface area contributed by atoms with Gasteiger partial charge in [-0.25, -0.2) is 0 Å². The molecule has 11 heavy (non-hydrogen) atoms. The molecule has 2 unspecified atom stereocenters. The summed E-state index contributed by atoms with van der Waals surface area (Å²) >= 11 is 0. The molecule has 2 aliphatic rings. The molecule has 0 aliphatic heterocycles. The van der Waals surface area contributed by atoms with E-state index >= 15 is 0 Å². The lowest BCUT2D eigenvalue weighted by Crippen LogP contribution is -2.45. The average molecular weight is 154 g/mol. The second kappa shape index (κ2) is 2.48. The SMILES string of the molecule is CC1CCC1(O)CCC1CC1. The van der Waals surface area contributed by atoms with Gasteiger partial charge >= 0.3 is 0 Å². The first-order chi connectivity index (χ1) is 5.21. The van der Waals surface area contributed by atoms with E-state index in [4.69, 9.17) is 0 Å². The van der Waals surface area contributed by atoms with Gasteiger partial charge in [0.2, 0.25) is 0 Å². The molecule has 0 radical (unpaired) electrons. The Labute approximate surface area is 68.8 Å². The molecule has 0 aromatic rings. The Morgan fingerprint density at radius 1 is 1.36 bits per heavy atom. The Morgan fingerprint density at radius 2 is 2.09 bits per heavy atom. The van der Waals surface area contributed by atoms with Gasteiger partial charge in [-0.15, -0.1) is 0 Å². The first-order valence-electron chi connectivity index (χ1n) is 4.93. The van der Waals surface area contributed by atoms with E-state index in [2.05, 4.69) is 6.92 Å². The van der Waals surface area contributed by atoms with Gasteiger partial charge in [-0.2, -0.15) is 0 Å². The summed E-state index contributed by atoms with van der Waals surface area (Å²) in [5, 5.41) is 9.96. The van der Waals surface area contributed by atoms with Gasteiger partial charge in [0.25, 0.3) is 0 Å². The monoisotopic (exact) mass is 154 g/mol.